The second kappa shape index (κ2) is 5.33. The standard InChI is InChI=1S/C15H24N2O2S2/c1-10-8-14(20-13(10)9-16-12-6-7-12)21(18,19)17-15(2,3)11-4-5-11/h8,11-12,16-17H,4-7,9H2,1-3H3. The molecule has 2 aliphatic carbocycles. The van der Waals surface area contributed by atoms with Crippen LogP contribution in [-0.2, 0) is 16.6 Å². The Morgan fingerprint density at radius 3 is 2.52 bits per heavy atom. The van der Waals surface area contributed by atoms with Gasteiger partial charge in [-0.15, -0.1) is 11.3 Å². The summed E-state index contributed by atoms with van der Waals surface area (Å²) in [6.45, 7) is 6.74. The maximum atomic E-state index is 12.6. The maximum absolute atomic E-state index is 12.6. The summed E-state index contributed by atoms with van der Waals surface area (Å²) >= 11 is 1.40. The van der Waals surface area contributed by atoms with Crippen molar-refractivity contribution >= 4 is 21.4 Å². The predicted octanol–water partition coefficient (Wildman–Crippen LogP) is 2.78. The Morgan fingerprint density at radius 2 is 1.95 bits per heavy atom. The van der Waals surface area contributed by atoms with E-state index < -0.39 is 10.0 Å². The Kier molecular flexibility index (Phi) is 3.93. The van der Waals surface area contributed by atoms with Gasteiger partial charge >= 0.3 is 0 Å². The molecule has 21 heavy (non-hydrogen) atoms. The van der Waals surface area contributed by atoms with Crippen LogP contribution in [0.15, 0.2) is 10.3 Å². The number of hydrogen-bond acceptors (Lipinski definition) is 4. The van der Waals surface area contributed by atoms with Gasteiger partial charge in [0.15, 0.2) is 0 Å². The molecular formula is C15H24N2O2S2. The number of nitrogens with one attached hydrogen (secondary N) is 2. The van der Waals surface area contributed by atoms with Crippen molar-refractivity contribution in [1.29, 1.82) is 0 Å². The molecule has 4 nitrogen and oxygen atoms in total. The Bertz CT molecular complexity index is 626. The van der Waals surface area contributed by atoms with Gasteiger partial charge in [-0.3, -0.25) is 0 Å². The van der Waals surface area contributed by atoms with Crippen molar-refractivity contribution in [2.75, 3.05) is 0 Å². The maximum Gasteiger partial charge on any atom is 0.250 e. The molecule has 2 N–H and O–H groups in total. The first-order chi connectivity index (χ1) is 9.78. The second-order valence-electron chi connectivity index (χ2n) is 6.93. The van der Waals surface area contributed by atoms with E-state index in [1.54, 1.807) is 6.07 Å². The van der Waals surface area contributed by atoms with E-state index in [4.69, 9.17) is 0 Å². The SMILES string of the molecule is Cc1cc(S(=O)(=O)NC(C)(C)C2CC2)sc1CNC1CC1. The third-order valence-corrected chi connectivity index (χ3v) is 7.77. The predicted molar refractivity (Wildman–Crippen MR) is 86.0 cm³/mol. The third-order valence-electron chi connectivity index (χ3n) is 4.39. The Morgan fingerprint density at radius 1 is 1.29 bits per heavy atom. The molecule has 1 aromatic rings. The van der Waals surface area contributed by atoms with E-state index in [1.165, 1.54) is 24.2 Å². The summed E-state index contributed by atoms with van der Waals surface area (Å²) in [6.07, 6.45) is 4.73. The van der Waals surface area contributed by atoms with Crippen LogP contribution in [-0.4, -0.2) is 20.0 Å². The third kappa shape index (κ3) is 3.67. The average molecular weight is 329 g/mol. The average Bonchev–Trinajstić information content (AvgIpc) is 3.23. The van der Waals surface area contributed by atoms with Crippen LogP contribution in [0.4, 0.5) is 0 Å². The Labute approximate surface area is 131 Å². The van der Waals surface area contributed by atoms with Gasteiger partial charge in [-0.25, -0.2) is 13.1 Å². The lowest BCUT2D eigenvalue weighted by Crippen LogP contribution is -2.44. The van der Waals surface area contributed by atoms with Gasteiger partial charge in [0.1, 0.15) is 4.21 Å². The van der Waals surface area contributed by atoms with Crippen LogP contribution in [0, 0.1) is 12.8 Å². The van der Waals surface area contributed by atoms with E-state index in [0.717, 1.165) is 29.8 Å². The minimum Gasteiger partial charge on any atom is -0.309 e. The first-order valence-corrected chi connectivity index (χ1v) is 9.94. The summed E-state index contributed by atoms with van der Waals surface area (Å²) in [7, 11) is -3.41. The fraction of sp³-hybridized carbons (Fsp3) is 0.733. The van der Waals surface area contributed by atoms with Gasteiger partial charge in [-0.2, -0.15) is 0 Å². The normalized spacial score (nSPS) is 20.0. The highest BCUT2D eigenvalue weighted by atomic mass is 32.2. The topological polar surface area (TPSA) is 58.2 Å². The summed E-state index contributed by atoms with van der Waals surface area (Å²) < 4.78 is 28.5. The highest BCUT2D eigenvalue weighted by Gasteiger charge is 2.41. The van der Waals surface area contributed by atoms with Gasteiger partial charge in [0.25, 0.3) is 10.0 Å². The van der Waals surface area contributed by atoms with E-state index >= 15 is 0 Å². The van der Waals surface area contributed by atoms with Gasteiger partial charge in [-0.1, -0.05) is 0 Å². The molecule has 0 amide bonds. The van der Waals surface area contributed by atoms with E-state index in [0.29, 0.717) is 16.2 Å². The van der Waals surface area contributed by atoms with Gasteiger partial charge in [-0.05, 0) is 64.0 Å². The molecule has 3 rings (SSSR count). The lowest BCUT2D eigenvalue weighted by atomic mass is 10.0. The fourth-order valence-electron chi connectivity index (χ4n) is 2.61. The van der Waals surface area contributed by atoms with Crippen molar-refractivity contribution in [2.45, 2.75) is 68.8 Å². The van der Waals surface area contributed by atoms with E-state index in [9.17, 15) is 8.42 Å². The van der Waals surface area contributed by atoms with E-state index in [1.807, 2.05) is 20.8 Å². The number of sulfonamides is 1. The molecule has 2 aliphatic rings. The molecule has 6 heteroatoms. The van der Waals surface area contributed by atoms with Crippen molar-refractivity contribution in [2.24, 2.45) is 5.92 Å². The van der Waals surface area contributed by atoms with Crippen molar-refractivity contribution in [3.05, 3.63) is 16.5 Å². The molecule has 118 valence electrons. The molecule has 0 unspecified atom stereocenters. The Balaban J connectivity index is 1.73. The molecule has 0 spiro atoms. The minimum atomic E-state index is -3.41. The van der Waals surface area contributed by atoms with Crippen LogP contribution in [0.25, 0.3) is 0 Å². The Hall–Kier alpha value is -0.430. The highest BCUT2D eigenvalue weighted by Crippen LogP contribution is 2.40. The highest BCUT2D eigenvalue weighted by molar-refractivity contribution is 7.91. The molecule has 0 atom stereocenters. The lowest BCUT2D eigenvalue weighted by Gasteiger charge is -2.25. The number of rotatable bonds is 7. The van der Waals surface area contributed by atoms with E-state index in [-0.39, 0.29) is 5.54 Å². The summed E-state index contributed by atoms with van der Waals surface area (Å²) in [6, 6.07) is 2.44. The zero-order valence-corrected chi connectivity index (χ0v) is 14.5. The van der Waals surface area contributed by atoms with Crippen LogP contribution in [0.3, 0.4) is 0 Å². The zero-order valence-electron chi connectivity index (χ0n) is 12.9. The molecule has 1 aromatic heterocycles. The van der Waals surface area contributed by atoms with Gasteiger partial charge < -0.3 is 5.32 Å². The number of thiophene rings is 1. The van der Waals surface area contributed by atoms with Gasteiger partial charge in [0.05, 0.1) is 0 Å². The molecule has 0 aliphatic heterocycles. The van der Waals surface area contributed by atoms with Crippen LogP contribution < -0.4 is 10.0 Å². The van der Waals surface area contributed by atoms with Gasteiger partial charge in [0, 0.05) is 23.0 Å². The quantitative estimate of drug-likeness (QED) is 0.809. The summed E-state index contributed by atoms with van der Waals surface area (Å²) in [5, 5.41) is 3.45. The minimum absolute atomic E-state index is 0.344. The largest absolute Gasteiger partial charge is 0.309 e. The van der Waals surface area contributed by atoms with Crippen LogP contribution in [0.1, 0.15) is 50.0 Å². The molecule has 2 saturated carbocycles. The van der Waals surface area contributed by atoms with Crippen molar-refractivity contribution in [3.63, 3.8) is 0 Å². The first kappa shape index (κ1) is 15.5. The monoisotopic (exact) mass is 328 g/mol. The van der Waals surface area contributed by atoms with E-state index in [2.05, 4.69) is 10.0 Å². The molecule has 0 saturated heterocycles. The van der Waals surface area contributed by atoms with Crippen LogP contribution >= 0.6 is 11.3 Å². The first-order valence-electron chi connectivity index (χ1n) is 7.64. The summed E-state index contributed by atoms with van der Waals surface area (Å²) in [5.41, 5.74) is 0.723. The van der Waals surface area contributed by atoms with Crippen molar-refractivity contribution in [1.82, 2.24) is 10.0 Å². The number of aryl methyl sites for hydroxylation is 1. The molecule has 0 aromatic carbocycles. The molecular weight excluding hydrogens is 304 g/mol. The zero-order chi connectivity index (χ0) is 15.3. The second-order valence-corrected chi connectivity index (χ2v) is 9.97. The number of hydrogen-bond donors (Lipinski definition) is 2. The molecule has 1 heterocycles. The van der Waals surface area contributed by atoms with Crippen molar-refractivity contribution < 1.29 is 8.42 Å². The smallest absolute Gasteiger partial charge is 0.250 e. The van der Waals surface area contributed by atoms with Crippen molar-refractivity contribution in [3.8, 4) is 0 Å². The van der Waals surface area contributed by atoms with Crippen LogP contribution in [0.2, 0.25) is 0 Å². The van der Waals surface area contributed by atoms with Crippen LogP contribution in [0.5, 0.6) is 0 Å². The fourth-order valence-corrected chi connectivity index (χ4v) is 5.62. The molecule has 0 radical (unpaired) electrons. The summed E-state index contributed by atoms with van der Waals surface area (Å²) in [5.74, 6) is 0.476. The van der Waals surface area contributed by atoms with Gasteiger partial charge in [0.2, 0.25) is 0 Å². The molecule has 0 bridgehead atoms. The summed E-state index contributed by atoms with van der Waals surface area (Å²) in [4.78, 5) is 1.13. The lowest BCUT2D eigenvalue weighted by molar-refractivity contribution is 0.401. The molecule has 2 fully saturated rings.